The number of hydrogen-bond acceptors (Lipinski definition) is 1. The van der Waals surface area contributed by atoms with E-state index in [0.29, 0.717) is 18.8 Å². The average Bonchev–Trinajstić information content (AvgIpc) is 2.97. The van der Waals surface area contributed by atoms with E-state index in [-0.39, 0.29) is 10.8 Å². The number of allylic oxidation sites excluding steroid dienone is 3. The molecule has 0 radical (unpaired) electrons. The molecule has 44 heavy (non-hydrogen) atoms. The summed E-state index contributed by atoms with van der Waals surface area (Å²) >= 11 is 0. The number of ether oxygens (including phenoxy) is 1. The van der Waals surface area contributed by atoms with Crippen LogP contribution < -0.4 is 0 Å². The number of hydrogen-bond donors (Lipinski definition) is 0. The molecule has 1 fully saturated rings. The zero-order chi connectivity index (χ0) is 35.8. The van der Waals surface area contributed by atoms with E-state index in [4.69, 9.17) is 4.74 Å². The fourth-order valence-corrected chi connectivity index (χ4v) is 6.49. The standard InChI is InChI=1S/C19H28O.C14H24F2.4C2H6/c1-6-9-19(7-2)17(5)20-16(4)12-13-18-11-8-10-15(3)14-18;1-7-14(15,16)13(6)9-11(2,3)8-12(4,5)10-13;4*1-2/h8,10-11,14,19H,4-7,9,12-13H2,1-3H3;7H,1,8-10H2,2-6H3;4*1-2H3. The summed E-state index contributed by atoms with van der Waals surface area (Å²) in [7, 11) is 0. The van der Waals surface area contributed by atoms with Gasteiger partial charge in [-0.15, -0.1) is 0 Å². The van der Waals surface area contributed by atoms with Crippen LogP contribution in [0, 0.1) is 29.1 Å². The van der Waals surface area contributed by atoms with Gasteiger partial charge < -0.3 is 4.74 Å². The molecule has 0 aromatic heterocycles. The molecule has 1 unspecified atom stereocenters. The Morgan fingerprint density at radius 3 is 1.75 bits per heavy atom. The van der Waals surface area contributed by atoms with E-state index < -0.39 is 11.3 Å². The molecule has 0 saturated heterocycles. The third-order valence-corrected chi connectivity index (χ3v) is 7.39. The molecule has 1 nitrogen and oxygen atoms in total. The molecule has 0 heterocycles. The molecule has 0 N–H and O–H groups in total. The Morgan fingerprint density at radius 1 is 0.886 bits per heavy atom. The van der Waals surface area contributed by atoms with Crippen molar-refractivity contribution in [2.45, 2.75) is 168 Å². The summed E-state index contributed by atoms with van der Waals surface area (Å²) in [6.45, 7) is 44.0. The first-order valence-corrected chi connectivity index (χ1v) is 17.6. The van der Waals surface area contributed by atoms with Crippen LogP contribution in [0.15, 0.2) is 61.6 Å². The van der Waals surface area contributed by atoms with Crippen molar-refractivity contribution >= 4 is 0 Å². The van der Waals surface area contributed by atoms with Crippen molar-refractivity contribution in [3.63, 3.8) is 0 Å². The molecule has 1 aromatic carbocycles. The maximum absolute atomic E-state index is 14.0. The average molecular weight is 623 g/mol. The monoisotopic (exact) mass is 623 g/mol. The topological polar surface area (TPSA) is 9.23 Å². The third-order valence-electron chi connectivity index (χ3n) is 7.39. The highest BCUT2D eigenvalue weighted by molar-refractivity contribution is 5.22. The summed E-state index contributed by atoms with van der Waals surface area (Å²) in [6.07, 6.45) is 8.15. The van der Waals surface area contributed by atoms with Crippen LogP contribution in [0.3, 0.4) is 0 Å². The summed E-state index contributed by atoms with van der Waals surface area (Å²) in [5.74, 6) is -0.618. The Kier molecular flexibility index (Phi) is 28.2. The highest BCUT2D eigenvalue weighted by Gasteiger charge is 2.55. The Morgan fingerprint density at radius 2 is 1.36 bits per heavy atom. The minimum absolute atomic E-state index is 0.0249. The van der Waals surface area contributed by atoms with E-state index in [1.54, 1.807) is 6.92 Å². The number of aryl methyl sites for hydroxylation is 2. The number of benzene rings is 1. The fourth-order valence-electron chi connectivity index (χ4n) is 6.49. The van der Waals surface area contributed by atoms with Crippen molar-refractivity contribution in [2.24, 2.45) is 22.2 Å². The highest BCUT2D eigenvalue weighted by Crippen LogP contribution is 2.59. The van der Waals surface area contributed by atoms with Gasteiger partial charge in [0.2, 0.25) is 0 Å². The van der Waals surface area contributed by atoms with Gasteiger partial charge in [-0.05, 0) is 67.9 Å². The van der Waals surface area contributed by atoms with Gasteiger partial charge in [-0.3, -0.25) is 0 Å². The molecule has 2 rings (SSSR count). The smallest absolute Gasteiger partial charge is 0.271 e. The first-order valence-electron chi connectivity index (χ1n) is 17.6. The molecule has 1 atom stereocenters. The van der Waals surface area contributed by atoms with Crippen molar-refractivity contribution < 1.29 is 13.5 Å². The molecule has 0 aliphatic heterocycles. The number of rotatable bonds is 11. The van der Waals surface area contributed by atoms with Crippen LogP contribution in [-0.4, -0.2) is 5.92 Å². The SMILES string of the molecule is C=C(CCc1cccc(C)c1)OC(=C)C(CC)CCC.C=CC(F)(F)C1(C)CC(C)(C)CC(C)(C)C1.CC.CC.CC.CC. The highest BCUT2D eigenvalue weighted by atomic mass is 19.3. The third kappa shape index (κ3) is 19.5. The van der Waals surface area contributed by atoms with Gasteiger partial charge >= 0.3 is 0 Å². The van der Waals surface area contributed by atoms with Crippen molar-refractivity contribution in [3.05, 3.63) is 72.7 Å². The lowest BCUT2D eigenvalue weighted by Gasteiger charge is -2.52. The van der Waals surface area contributed by atoms with Crippen LogP contribution in [-0.2, 0) is 11.2 Å². The molecule has 0 spiro atoms. The lowest BCUT2D eigenvalue weighted by Crippen LogP contribution is -2.48. The minimum Gasteiger partial charge on any atom is -0.467 e. The second-order valence-electron chi connectivity index (χ2n) is 12.7. The maximum atomic E-state index is 14.0. The van der Waals surface area contributed by atoms with E-state index in [1.165, 1.54) is 11.1 Å². The second-order valence-corrected chi connectivity index (χ2v) is 12.7. The normalized spacial score (nSPS) is 16.0. The summed E-state index contributed by atoms with van der Waals surface area (Å²) in [5.41, 5.74) is 1.62. The predicted molar refractivity (Wildman–Crippen MR) is 198 cm³/mol. The molecule has 3 heteroatoms. The quantitative estimate of drug-likeness (QED) is 0.176. The van der Waals surface area contributed by atoms with Crippen LogP contribution in [0.25, 0.3) is 0 Å². The van der Waals surface area contributed by atoms with E-state index >= 15 is 0 Å². The first-order chi connectivity index (χ1) is 20.5. The van der Waals surface area contributed by atoms with Crippen LogP contribution in [0.4, 0.5) is 8.78 Å². The van der Waals surface area contributed by atoms with Gasteiger partial charge in [0.1, 0.15) is 0 Å². The Bertz CT molecular complexity index is 862. The van der Waals surface area contributed by atoms with Gasteiger partial charge in [-0.2, -0.15) is 0 Å². The largest absolute Gasteiger partial charge is 0.467 e. The Hall–Kier alpha value is -1.90. The minimum atomic E-state index is -2.78. The summed E-state index contributed by atoms with van der Waals surface area (Å²) < 4.78 is 33.8. The van der Waals surface area contributed by atoms with E-state index in [1.807, 2.05) is 55.4 Å². The molecule has 1 aromatic rings. The second kappa shape index (κ2) is 25.3. The van der Waals surface area contributed by atoms with Crippen LogP contribution >= 0.6 is 0 Å². The lowest BCUT2D eigenvalue weighted by molar-refractivity contribution is -0.138. The molecule has 1 aliphatic rings. The maximum Gasteiger partial charge on any atom is 0.271 e. The Labute approximate surface area is 276 Å². The molecule has 0 bridgehead atoms. The van der Waals surface area contributed by atoms with Crippen molar-refractivity contribution in [1.82, 2.24) is 0 Å². The molecular weight excluding hydrogens is 546 g/mol. The van der Waals surface area contributed by atoms with Crippen molar-refractivity contribution in [1.29, 1.82) is 0 Å². The molecule has 260 valence electrons. The van der Waals surface area contributed by atoms with Crippen molar-refractivity contribution in [2.75, 3.05) is 0 Å². The molecule has 0 amide bonds. The number of halogens is 2. The molecule has 1 aliphatic carbocycles. The van der Waals surface area contributed by atoms with Gasteiger partial charge in [0.05, 0.1) is 11.5 Å². The zero-order valence-corrected chi connectivity index (χ0v) is 32.4. The Balaban J connectivity index is -0.000000300. The number of alkyl halides is 2. The van der Waals surface area contributed by atoms with E-state index in [2.05, 4.69) is 92.5 Å². The first kappa shape index (κ1) is 49.0. The molecular formula is C41H76F2O. The van der Waals surface area contributed by atoms with Crippen molar-refractivity contribution in [3.8, 4) is 0 Å². The summed E-state index contributed by atoms with van der Waals surface area (Å²) in [6, 6.07) is 8.59. The summed E-state index contributed by atoms with van der Waals surface area (Å²) in [5, 5.41) is 0. The van der Waals surface area contributed by atoms with Gasteiger partial charge in [-0.25, -0.2) is 8.78 Å². The van der Waals surface area contributed by atoms with Gasteiger partial charge in [0.15, 0.2) is 0 Å². The van der Waals surface area contributed by atoms with Gasteiger partial charge in [0, 0.05) is 17.8 Å². The van der Waals surface area contributed by atoms with E-state index in [9.17, 15) is 8.78 Å². The van der Waals surface area contributed by atoms with E-state index in [0.717, 1.165) is 56.1 Å². The van der Waals surface area contributed by atoms with Crippen LogP contribution in [0.5, 0.6) is 0 Å². The zero-order valence-electron chi connectivity index (χ0n) is 32.4. The fraction of sp³-hybridized carbons (Fsp3) is 0.707. The summed E-state index contributed by atoms with van der Waals surface area (Å²) in [4.78, 5) is 0. The van der Waals surface area contributed by atoms with Crippen LogP contribution in [0.1, 0.15) is 160 Å². The van der Waals surface area contributed by atoms with Gasteiger partial charge in [0.25, 0.3) is 5.92 Å². The van der Waals surface area contributed by atoms with Crippen LogP contribution in [0.2, 0.25) is 0 Å². The van der Waals surface area contributed by atoms with Gasteiger partial charge in [-0.1, -0.05) is 160 Å². The molecule has 1 saturated carbocycles. The lowest BCUT2D eigenvalue weighted by atomic mass is 9.54. The predicted octanol–water partition coefficient (Wildman–Crippen LogP) is 15.0.